The zero-order valence-corrected chi connectivity index (χ0v) is 8.93. The molecule has 0 aromatic heterocycles. The van der Waals surface area contributed by atoms with E-state index in [-0.39, 0.29) is 11.3 Å². The summed E-state index contributed by atoms with van der Waals surface area (Å²) in [6.07, 6.45) is 0. The summed E-state index contributed by atoms with van der Waals surface area (Å²) in [5.41, 5.74) is 0.557. The van der Waals surface area contributed by atoms with Gasteiger partial charge in [0.15, 0.2) is 11.5 Å². The summed E-state index contributed by atoms with van der Waals surface area (Å²) in [6, 6.07) is 2.91. The second-order valence-corrected chi connectivity index (χ2v) is 5.70. The van der Waals surface area contributed by atoms with E-state index < -0.39 is 20.6 Å². The van der Waals surface area contributed by atoms with Gasteiger partial charge in [0.05, 0.1) is 5.75 Å². The lowest BCUT2D eigenvalue weighted by Crippen LogP contribution is -1.96. The first-order valence-corrected chi connectivity index (χ1v) is 6.22. The van der Waals surface area contributed by atoms with Crippen LogP contribution in [-0.2, 0) is 14.8 Å². The van der Waals surface area contributed by atoms with E-state index >= 15 is 0 Å². The molecule has 0 fully saturated rings. The highest BCUT2D eigenvalue weighted by molar-refractivity contribution is 8.13. The molecule has 0 saturated heterocycles. The molecule has 0 radical (unpaired) electrons. The Morgan fingerprint density at radius 1 is 1.29 bits per heavy atom. The van der Waals surface area contributed by atoms with Gasteiger partial charge in [0.2, 0.25) is 9.05 Å². The molecule has 1 aromatic rings. The fourth-order valence-electron chi connectivity index (χ4n) is 1.02. The Morgan fingerprint density at radius 3 is 2.36 bits per heavy atom. The van der Waals surface area contributed by atoms with E-state index in [0.717, 1.165) is 0 Å². The second-order valence-electron chi connectivity index (χ2n) is 2.92. The lowest BCUT2D eigenvalue weighted by Gasteiger charge is -2.06. The van der Waals surface area contributed by atoms with E-state index in [1.807, 2.05) is 0 Å². The number of phenolic OH excluding ortho intramolecular Hbond substituents is 2. The molecule has 0 amide bonds. The van der Waals surface area contributed by atoms with Gasteiger partial charge in [-0.25, -0.2) is 8.42 Å². The van der Waals surface area contributed by atoms with Crippen LogP contribution in [0.1, 0.15) is 11.1 Å². The summed E-state index contributed by atoms with van der Waals surface area (Å²) < 4.78 is 21.4. The Bertz CT molecular complexity index is 453. The highest BCUT2D eigenvalue weighted by Gasteiger charge is 2.14. The molecule has 0 atom stereocenters. The fraction of sp³-hybridized carbons (Fsp3) is 0.250. The molecule has 0 spiro atoms. The van der Waals surface area contributed by atoms with Gasteiger partial charge in [0.1, 0.15) is 0 Å². The molecular weight excluding hydrogens is 228 g/mol. The third kappa shape index (κ3) is 2.52. The predicted octanol–water partition coefficient (Wildman–Crippen LogP) is 1.47. The van der Waals surface area contributed by atoms with Crippen LogP contribution in [-0.4, -0.2) is 18.6 Å². The Labute approximate surface area is 86.2 Å². The van der Waals surface area contributed by atoms with E-state index in [9.17, 15) is 18.6 Å². The number of aryl methyl sites for hydroxylation is 1. The average molecular weight is 237 g/mol. The molecule has 2 N–H and O–H groups in total. The van der Waals surface area contributed by atoms with Crippen molar-refractivity contribution in [3.05, 3.63) is 23.3 Å². The van der Waals surface area contributed by atoms with Crippen molar-refractivity contribution in [1.82, 2.24) is 0 Å². The normalized spacial score (nSPS) is 11.6. The summed E-state index contributed by atoms with van der Waals surface area (Å²) in [4.78, 5) is 0. The highest BCUT2D eigenvalue weighted by Crippen LogP contribution is 2.33. The van der Waals surface area contributed by atoms with Crippen molar-refractivity contribution >= 4 is 19.7 Å². The monoisotopic (exact) mass is 236 g/mol. The first kappa shape index (κ1) is 11.1. The van der Waals surface area contributed by atoms with Crippen molar-refractivity contribution in [1.29, 1.82) is 0 Å². The summed E-state index contributed by atoms with van der Waals surface area (Å²) >= 11 is 0. The number of hydrogen-bond acceptors (Lipinski definition) is 4. The molecular formula is C8H9ClO4S. The predicted molar refractivity (Wildman–Crippen MR) is 53.0 cm³/mol. The van der Waals surface area contributed by atoms with E-state index in [1.165, 1.54) is 12.1 Å². The van der Waals surface area contributed by atoms with Crippen molar-refractivity contribution in [2.45, 2.75) is 12.7 Å². The summed E-state index contributed by atoms with van der Waals surface area (Å²) in [7, 11) is 1.28. The third-order valence-electron chi connectivity index (χ3n) is 1.76. The van der Waals surface area contributed by atoms with Crippen LogP contribution in [0.25, 0.3) is 0 Å². The van der Waals surface area contributed by atoms with Gasteiger partial charge in [0, 0.05) is 16.2 Å². The lowest BCUT2D eigenvalue weighted by atomic mass is 10.1. The standard InChI is InChI=1S/C8H9ClO4S/c1-5-2-3-6(4-14(9,12)13)8(11)7(5)10/h2-3,10-11H,4H2,1H3. The summed E-state index contributed by atoms with van der Waals surface area (Å²) in [5, 5.41) is 18.7. The lowest BCUT2D eigenvalue weighted by molar-refractivity contribution is 0.398. The van der Waals surface area contributed by atoms with Crippen LogP contribution in [0, 0.1) is 6.92 Å². The van der Waals surface area contributed by atoms with E-state index in [0.29, 0.717) is 5.56 Å². The zero-order valence-electron chi connectivity index (χ0n) is 7.36. The van der Waals surface area contributed by atoms with Crippen LogP contribution in [0.3, 0.4) is 0 Å². The van der Waals surface area contributed by atoms with Gasteiger partial charge in [-0.2, -0.15) is 0 Å². The molecule has 0 aliphatic carbocycles. The Morgan fingerprint density at radius 2 is 1.86 bits per heavy atom. The smallest absolute Gasteiger partial charge is 0.236 e. The molecule has 0 heterocycles. The number of rotatable bonds is 2. The molecule has 0 unspecified atom stereocenters. The van der Waals surface area contributed by atoms with Crippen LogP contribution >= 0.6 is 10.7 Å². The molecule has 0 saturated carbocycles. The van der Waals surface area contributed by atoms with Gasteiger partial charge in [-0.1, -0.05) is 12.1 Å². The molecule has 1 aromatic carbocycles. The molecule has 6 heteroatoms. The van der Waals surface area contributed by atoms with Gasteiger partial charge < -0.3 is 10.2 Å². The first-order valence-electron chi connectivity index (χ1n) is 3.74. The van der Waals surface area contributed by atoms with Crippen molar-refractivity contribution in [3.63, 3.8) is 0 Å². The number of phenols is 2. The summed E-state index contributed by atoms with van der Waals surface area (Å²) in [5.74, 6) is -1.26. The maximum atomic E-state index is 10.7. The van der Waals surface area contributed by atoms with Crippen molar-refractivity contribution in [3.8, 4) is 11.5 Å². The number of aromatic hydroxyl groups is 2. The third-order valence-corrected chi connectivity index (χ3v) is 2.75. The van der Waals surface area contributed by atoms with Gasteiger partial charge in [-0.05, 0) is 12.5 Å². The molecule has 4 nitrogen and oxygen atoms in total. The Balaban J connectivity index is 3.19. The quantitative estimate of drug-likeness (QED) is 0.603. The average Bonchev–Trinajstić information content (AvgIpc) is 2.04. The second kappa shape index (κ2) is 3.67. The van der Waals surface area contributed by atoms with Crippen molar-refractivity contribution in [2.75, 3.05) is 0 Å². The zero-order chi connectivity index (χ0) is 10.9. The van der Waals surface area contributed by atoms with E-state index in [2.05, 4.69) is 0 Å². The fourth-order valence-corrected chi connectivity index (χ4v) is 1.98. The van der Waals surface area contributed by atoms with Crippen LogP contribution in [0.2, 0.25) is 0 Å². The van der Waals surface area contributed by atoms with Crippen LogP contribution in [0.5, 0.6) is 11.5 Å². The van der Waals surface area contributed by atoms with Crippen molar-refractivity contribution < 1.29 is 18.6 Å². The van der Waals surface area contributed by atoms with Crippen LogP contribution in [0.4, 0.5) is 0 Å². The molecule has 14 heavy (non-hydrogen) atoms. The van der Waals surface area contributed by atoms with E-state index in [4.69, 9.17) is 10.7 Å². The summed E-state index contributed by atoms with van der Waals surface area (Å²) in [6.45, 7) is 1.59. The van der Waals surface area contributed by atoms with Crippen LogP contribution < -0.4 is 0 Å². The van der Waals surface area contributed by atoms with Gasteiger partial charge in [0.25, 0.3) is 0 Å². The minimum Gasteiger partial charge on any atom is -0.504 e. The molecule has 78 valence electrons. The molecule has 0 bridgehead atoms. The number of benzene rings is 1. The Hall–Kier alpha value is -0.940. The minimum atomic E-state index is -3.73. The van der Waals surface area contributed by atoms with Crippen molar-refractivity contribution in [2.24, 2.45) is 0 Å². The molecule has 0 aliphatic heterocycles. The Kier molecular flexibility index (Phi) is 2.92. The van der Waals surface area contributed by atoms with Gasteiger partial charge in [-0.3, -0.25) is 0 Å². The largest absolute Gasteiger partial charge is 0.504 e. The van der Waals surface area contributed by atoms with E-state index in [1.54, 1.807) is 6.92 Å². The van der Waals surface area contributed by atoms with Gasteiger partial charge >= 0.3 is 0 Å². The maximum Gasteiger partial charge on any atom is 0.236 e. The molecule has 0 aliphatic rings. The maximum absolute atomic E-state index is 10.7. The van der Waals surface area contributed by atoms with Crippen LogP contribution in [0.15, 0.2) is 12.1 Å². The minimum absolute atomic E-state index is 0.0862. The number of hydrogen-bond donors (Lipinski definition) is 2. The highest BCUT2D eigenvalue weighted by atomic mass is 35.7. The number of halogens is 1. The van der Waals surface area contributed by atoms with Gasteiger partial charge in [-0.15, -0.1) is 0 Å². The first-order chi connectivity index (χ1) is 6.31. The SMILES string of the molecule is Cc1ccc(CS(=O)(=O)Cl)c(O)c1O. The topological polar surface area (TPSA) is 74.6 Å². The molecule has 1 rings (SSSR count).